The van der Waals surface area contributed by atoms with Gasteiger partial charge in [-0.25, -0.2) is 0 Å². The Morgan fingerprint density at radius 3 is 2.42 bits per heavy atom. The molecule has 1 N–H and O–H groups in total. The van der Waals surface area contributed by atoms with Gasteiger partial charge in [0, 0.05) is 0 Å². The van der Waals surface area contributed by atoms with Crippen LogP contribution in [0.15, 0.2) is 48.5 Å². The highest BCUT2D eigenvalue weighted by atomic mass is 16.5. The average molecular weight is 258 g/mol. The van der Waals surface area contributed by atoms with E-state index in [1.807, 2.05) is 48.5 Å². The predicted octanol–water partition coefficient (Wildman–Crippen LogP) is 3.33. The molecule has 2 rings (SSSR count). The minimum Gasteiger partial charge on any atom is -0.497 e. The summed E-state index contributed by atoms with van der Waals surface area (Å²) in [4.78, 5) is 0. The van der Waals surface area contributed by atoms with Crippen LogP contribution >= 0.6 is 0 Å². The Morgan fingerprint density at radius 2 is 1.79 bits per heavy atom. The van der Waals surface area contributed by atoms with Gasteiger partial charge in [-0.1, -0.05) is 24.3 Å². The molecule has 19 heavy (non-hydrogen) atoms. The molecule has 1 unspecified atom stereocenters. The lowest BCUT2D eigenvalue weighted by atomic mass is 10.1. The smallest absolute Gasteiger partial charge is 0.120 e. The summed E-state index contributed by atoms with van der Waals surface area (Å²) in [5, 5.41) is 9.52. The summed E-state index contributed by atoms with van der Waals surface area (Å²) >= 11 is 0. The molecule has 1 atom stereocenters. The van der Waals surface area contributed by atoms with Crippen LogP contribution in [0, 0.1) is 0 Å². The van der Waals surface area contributed by atoms with Crippen LogP contribution in [0.25, 0.3) is 0 Å². The van der Waals surface area contributed by atoms with Crippen molar-refractivity contribution in [1.82, 2.24) is 0 Å². The topological polar surface area (TPSA) is 38.7 Å². The summed E-state index contributed by atoms with van der Waals surface area (Å²) in [7, 11) is 1.65. The molecular weight excluding hydrogens is 240 g/mol. The third-order valence-electron chi connectivity index (χ3n) is 2.91. The maximum absolute atomic E-state index is 9.52. The summed E-state index contributed by atoms with van der Waals surface area (Å²) in [6.07, 6.45) is -0.482. The van der Waals surface area contributed by atoms with Gasteiger partial charge in [-0.3, -0.25) is 0 Å². The third kappa shape index (κ3) is 3.73. The molecule has 3 heteroatoms. The second kappa shape index (κ2) is 6.25. The number of aliphatic hydroxyl groups is 1. The van der Waals surface area contributed by atoms with Gasteiger partial charge in [0.05, 0.1) is 13.2 Å². The van der Waals surface area contributed by atoms with E-state index < -0.39 is 6.10 Å². The van der Waals surface area contributed by atoms with Crippen LogP contribution < -0.4 is 9.47 Å². The molecule has 0 spiro atoms. The quantitative estimate of drug-likeness (QED) is 0.894. The van der Waals surface area contributed by atoms with Crippen LogP contribution in [0.2, 0.25) is 0 Å². The van der Waals surface area contributed by atoms with E-state index in [0.29, 0.717) is 6.61 Å². The van der Waals surface area contributed by atoms with E-state index >= 15 is 0 Å². The molecule has 0 radical (unpaired) electrons. The first-order chi connectivity index (χ1) is 9.19. The zero-order chi connectivity index (χ0) is 13.7. The molecule has 0 saturated carbocycles. The number of hydrogen-bond acceptors (Lipinski definition) is 3. The van der Waals surface area contributed by atoms with Crippen molar-refractivity contribution in [3.63, 3.8) is 0 Å². The molecule has 0 aliphatic heterocycles. The van der Waals surface area contributed by atoms with Crippen LogP contribution in [0.4, 0.5) is 0 Å². The SMILES string of the molecule is COc1ccc(COc2cccc(C(C)O)c2)cc1. The normalized spacial score (nSPS) is 11.9. The first-order valence-corrected chi connectivity index (χ1v) is 6.23. The fourth-order valence-corrected chi connectivity index (χ4v) is 1.75. The van der Waals surface area contributed by atoms with Crippen molar-refractivity contribution in [2.75, 3.05) is 7.11 Å². The molecular formula is C16H18O3. The maximum atomic E-state index is 9.52. The van der Waals surface area contributed by atoms with Gasteiger partial charge < -0.3 is 14.6 Å². The van der Waals surface area contributed by atoms with Gasteiger partial charge >= 0.3 is 0 Å². The van der Waals surface area contributed by atoms with Gasteiger partial charge in [-0.15, -0.1) is 0 Å². The van der Waals surface area contributed by atoms with Crippen molar-refractivity contribution >= 4 is 0 Å². The zero-order valence-electron chi connectivity index (χ0n) is 11.2. The van der Waals surface area contributed by atoms with Crippen molar-refractivity contribution in [3.05, 3.63) is 59.7 Å². The van der Waals surface area contributed by atoms with E-state index in [2.05, 4.69) is 0 Å². The predicted molar refractivity (Wildman–Crippen MR) is 74.4 cm³/mol. The Kier molecular flexibility index (Phi) is 4.42. The van der Waals surface area contributed by atoms with Crippen molar-refractivity contribution in [2.45, 2.75) is 19.6 Å². The Hall–Kier alpha value is -2.00. The molecule has 0 fully saturated rings. The van der Waals surface area contributed by atoms with E-state index in [0.717, 1.165) is 22.6 Å². The highest BCUT2D eigenvalue weighted by Gasteiger charge is 2.02. The van der Waals surface area contributed by atoms with Crippen molar-refractivity contribution in [3.8, 4) is 11.5 Å². The summed E-state index contributed by atoms with van der Waals surface area (Å²) in [5.41, 5.74) is 1.93. The summed E-state index contributed by atoms with van der Waals surface area (Å²) < 4.78 is 10.8. The largest absolute Gasteiger partial charge is 0.497 e. The number of aliphatic hydroxyl groups excluding tert-OH is 1. The van der Waals surface area contributed by atoms with Crippen LogP contribution in [0.5, 0.6) is 11.5 Å². The fourth-order valence-electron chi connectivity index (χ4n) is 1.75. The average Bonchev–Trinajstić information content (AvgIpc) is 2.46. The van der Waals surface area contributed by atoms with Crippen molar-refractivity contribution in [1.29, 1.82) is 0 Å². The van der Waals surface area contributed by atoms with Crippen molar-refractivity contribution < 1.29 is 14.6 Å². The Balaban J connectivity index is 1.99. The van der Waals surface area contributed by atoms with Gasteiger partial charge in [-0.2, -0.15) is 0 Å². The fraction of sp³-hybridized carbons (Fsp3) is 0.250. The maximum Gasteiger partial charge on any atom is 0.120 e. The Bertz CT molecular complexity index is 518. The molecule has 0 heterocycles. The zero-order valence-corrected chi connectivity index (χ0v) is 11.2. The molecule has 0 bridgehead atoms. The van der Waals surface area contributed by atoms with Crippen LogP contribution in [0.1, 0.15) is 24.2 Å². The van der Waals surface area contributed by atoms with Gasteiger partial charge in [0.15, 0.2) is 0 Å². The highest BCUT2D eigenvalue weighted by molar-refractivity contribution is 5.31. The highest BCUT2D eigenvalue weighted by Crippen LogP contribution is 2.20. The first kappa shape index (κ1) is 13.4. The first-order valence-electron chi connectivity index (χ1n) is 6.23. The number of hydrogen-bond donors (Lipinski definition) is 1. The molecule has 0 aliphatic carbocycles. The van der Waals surface area contributed by atoms with Gasteiger partial charge in [0.25, 0.3) is 0 Å². The molecule has 100 valence electrons. The number of rotatable bonds is 5. The molecule has 0 aromatic heterocycles. The lowest BCUT2D eigenvalue weighted by Gasteiger charge is -2.10. The summed E-state index contributed by atoms with van der Waals surface area (Å²) in [5.74, 6) is 1.59. The summed E-state index contributed by atoms with van der Waals surface area (Å²) in [6, 6.07) is 15.3. The van der Waals surface area contributed by atoms with E-state index in [4.69, 9.17) is 9.47 Å². The second-order valence-electron chi connectivity index (χ2n) is 4.39. The molecule has 0 amide bonds. The Morgan fingerprint density at radius 1 is 1.05 bits per heavy atom. The van der Waals surface area contributed by atoms with E-state index in [1.54, 1.807) is 14.0 Å². The lowest BCUT2D eigenvalue weighted by molar-refractivity contribution is 0.198. The molecule has 2 aromatic carbocycles. The summed E-state index contributed by atoms with van der Waals surface area (Å²) in [6.45, 7) is 2.23. The van der Waals surface area contributed by atoms with Crippen LogP contribution in [-0.2, 0) is 6.61 Å². The molecule has 3 nitrogen and oxygen atoms in total. The standard InChI is InChI=1S/C16H18O3/c1-12(17)14-4-3-5-16(10-14)19-11-13-6-8-15(18-2)9-7-13/h3-10,12,17H,11H2,1-2H3. The number of benzene rings is 2. The number of ether oxygens (including phenoxy) is 2. The second-order valence-corrected chi connectivity index (χ2v) is 4.39. The molecule has 0 saturated heterocycles. The van der Waals surface area contributed by atoms with Gasteiger partial charge in [0.1, 0.15) is 18.1 Å². The van der Waals surface area contributed by atoms with Gasteiger partial charge in [0.2, 0.25) is 0 Å². The van der Waals surface area contributed by atoms with E-state index in [1.165, 1.54) is 0 Å². The minimum absolute atomic E-state index is 0.482. The van der Waals surface area contributed by atoms with E-state index in [9.17, 15) is 5.11 Å². The van der Waals surface area contributed by atoms with Gasteiger partial charge in [-0.05, 0) is 42.3 Å². The van der Waals surface area contributed by atoms with Crippen LogP contribution in [0.3, 0.4) is 0 Å². The van der Waals surface area contributed by atoms with Crippen molar-refractivity contribution in [2.24, 2.45) is 0 Å². The third-order valence-corrected chi connectivity index (χ3v) is 2.91. The van der Waals surface area contributed by atoms with Crippen LogP contribution in [-0.4, -0.2) is 12.2 Å². The van der Waals surface area contributed by atoms with E-state index in [-0.39, 0.29) is 0 Å². The minimum atomic E-state index is -0.482. The molecule has 2 aromatic rings. The Labute approximate surface area is 113 Å². The monoisotopic (exact) mass is 258 g/mol. The molecule has 0 aliphatic rings. The number of methoxy groups -OCH3 is 1. The lowest BCUT2D eigenvalue weighted by Crippen LogP contribution is -1.97.